The minimum atomic E-state index is -0.773. The van der Waals surface area contributed by atoms with Crippen LogP contribution in [-0.4, -0.2) is 19.7 Å². The Morgan fingerprint density at radius 2 is 2.05 bits per heavy atom. The van der Waals surface area contributed by atoms with E-state index in [9.17, 15) is 9.59 Å². The van der Waals surface area contributed by atoms with Crippen molar-refractivity contribution in [1.29, 1.82) is 0 Å². The molecule has 0 atom stereocenters. The van der Waals surface area contributed by atoms with Crippen molar-refractivity contribution in [2.45, 2.75) is 6.92 Å². The molecule has 6 heteroatoms. The summed E-state index contributed by atoms with van der Waals surface area (Å²) >= 11 is 0. The summed E-state index contributed by atoms with van der Waals surface area (Å²) in [6.07, 6.45) is 1.51. The number of fused-ring (bicyclic) bond motifs is 2. The topological polar surface area (TPSA) is 78.9 Å². The van der Waals surface area contributed by atoms with Crippen LogP contribution in [-0.2, 0) is 4.74 Å². The van der Waals surface area contributed by atoms with Gasteiger partial charge in [-0.15, -0.1) is 0 Å². The molecule has 0 unspecified atom stereocenters. The number of furan rings is 1. The number of rotatable bonds is 3. The maximum absolute atomic E-state index is 11.9. The fourth-order valence-electron chi connectivity index (χ4n) is 2.20. The predicted molar refractivity (Wildman–Crippen MR) is 74.8 cm³/mol. The maximum atomic E-state index is 11.9. The van der Waals surface area contributed by atoms with Crippen LogP contribution in [0.5, 0.6) is 5.75 Å². The molecule has 0 saturated carbocycles. The first-order chi connectivity index (χ1) is 10.2. The minimum Gasteiger partial charge on any atom is -0.490 e. The van der Waals surface area contributed by atoms with Gasteiger partial charge in [0.1, 0.15) is 5.56 Å². The summed E-state index contributed by atoms with van der Waals surface area (Å²) in [7, 11) is 1.45. The fraction of sp³-hybridized carbons (Fsp3) is 0.200. The zero-order valence-electron chi connectivity index (χ0n) is 11.5. The summed E-state index contributed by atoms with van der Waals surface area (Å²) in [5.41, 5.74) is -0.200. The lowest BCUT2D eigenvalue weighted by molar-refractivity contribution is 0.0521. The molecular weight excluding hydrogens is 276 g/mol. The third-order valence-electron chi connectivity index (χ3n) is 3.10. The zero-order chi connectivity index (χ0) is 15.0. The van der Waals surface area contributed by atoms with Crippen LogP contribution in [0.15, 0.2) is 38.1 Å². The molecule has 6 nitrogen and oxygen atoms in total. The third-order valence-corrected chi connectivity index (χ3v) is 3.10. The van der Waals surface area contributed by atoms with E-state index in [1.807, 2.05) is 0 Å². The lowest BCUT2D eigenvalue weighted by Gasteiger charge is -2.06. The van der Waals surface area contributed by atoms with Gasteiger partial charge in [0.05, 0.1) is 20.0 Å². The average molecular weight is 288 g/mol. The summed E-state index contributed by atoms with van der Waals surface area (Å²) in [4.78, 5) is 23.7. The summed E-state index contributed by atoms with van der Waals surface area (Å²) in [6, 6.07) is 4.95. The van der Waals surface area contributed by atoms with Crippen molar-refractivity contribution in [3.63, 3.8) is 0 Å². The molecule has 0 spiro atoms. The molecule has 3 aromatic rings. The van der Waals surface area contributed by atoms with Gasteiger partial charge in [-0.2, -0.15) is 0 Å². The summed E-state index contributed by atoms with van der Waals surface area (Å²) in [6.45, 7) is 1.85. The van der Waals surface area contributed by atoms with Crippen molar-refractivity contribution in [2.24, 2.45) is 0 Å². The molecule has 0 fully saturated rings. The van der Waals surface area contributed by atoms with Gasteiger partial charge in [0, 0.05) is 10.8 Å². The number of esters is 1. The molecular formula is C15H12O6. The van der Waals surface area contributed by atoms with Crippen molar-refractivity contribution in [1.82, 2.24) is 0 Å². The van der Waals surface area contributed by atoms with Crippen molar-refractivity contribution in [2.75, 3.05) is 13.7 Å². The highest BCUT2D eigenvalue weighted by atomic mass is 16.5. The Labute approximate surface area is 118 Å². The van der Waals surface area contributed by atoms with Crippen LogP contribution < -0.4 is 10.4 Å². The standard InChI is InChI=1S/C15H12O6/c1-3-19-14(16)10-7-9-6-8-4-5-20-11(8)13(18-2)12(9)21-15(10)17/h4-7H,3H2,1-2H3. The van der Waals surface area contributed by atoms with Crippen molar-refractivity contribution in [3.05, 3.63) is 40.4 Å². The summed E-state index contributed by atoms with van der Waals surface area (Å²) in [5.74, 6) is -0.389. The molecule has 1 aromatic carbocycles. The highest BCUT2D eigenvalue weighted by Gasteiger charge is 2.19. The molecule has 0 saturated heterocycles. The maximum Gasteiger partial charge on any atom is 0.351 e. The number of carbonyl (C=O) groups is 1. The fourth-order valence-corrected chi connectivity index (χ4v) is 2.20. The summed E-state index contributed by atoms with van der Waals surface area (Å²) < 4.78 is 20.6. The first-order valence-corrected chi connectivity index (χ1v) is 6.35. The van der Waals surface area contributed by atoms with E-state index in [0.29, 0.717) is 16.7 Å². The van der Waals surface area contributed by atoms with E-state index in [1.54, 1.807) is 19.1 Å². The van der Waals surface area contributed by atoms with E-state index in [0.717, 1.165) is 5.39 Å². The average Bonchev–Trinajstić information content (AvgIpc) is 2.92. The minimum absolute atomic E-state index is 0.144. The zero-order valence-corrected chi connectivity index (χ0v) is 11.5. The van der Waals surface area contributed by atoms with E-state index in [4.69, 9.17) is 18.3 Å². The number of hydrogen-bond donors (Lipinski definition) is 0. The van der Waals surface area contributed by atoms with E-state index >= 15 is 0 Å². The molecule has 0 N–H and O–H groups in total. The van der Waals surface area contributed by atoms with Gasteiger partial charge in [0.25, 0.3) is 0 Å². The van der Waals surface area contributed by atoms with Crippen molar-refractivity contribution in [3.8, 4) is 5.75 Å². The van der Waals surface area contributed by atoms with Crippen LogP contribution in [0.3, 0.4) is 0 Å². The number of methoxy groups -OCH3 is 1. The summed E-state index contributed by atoms with van der Waals surface area (Å²) in [5, 5.41) is 1.34. The first kappa shape index (κ1) is 13.2. The SMILES string of the molecule is CCOC(=O)c1cc2cc3ccoc3c(OC)c2oc1=O. The van der Waals surface area contributed by atoms with Gasteiger partial charge in [-0.1, -0.05) is 0 Å². The molecule has 0 radical (unpaired) electrons. The first-order valence-electron chi connectivity index (χ1n) is 6.35. The Bertz CT molecular complexity index is 886. The second kappa shape index (κ2) is 4.97. The second-order valence-corrected chi connectivity index (χ2v) is 4.34. The van der Waals surface area contributed by atoms with Crippen LogP contribution >= 0.6 is 0 Å². The van der Waals surface area contributed by atoms with Crippen LogP contribution in [0.25, 0.3) is 21.9 Å². The largest absolute Gasteiger partial charge is 0.490 e. The van der Waals surface area contributed by atoms with Gasteiger partial charge in [-0.05, 0) is 25.1 Å². The molecule has 2 aromatic heterocycles. The molecule has 2 heterocycles. The molecule has 0 aliphatic rings. The van der Waals surface area contributed by atoms with Crippen molar-refractivity contribution < 1.29 is 23.1 Å². The molecule has 0 aliphatic carbocycles. The van der Waals surface area contributed by atoms with Crippen LogP contribution in [0.1, 0.15) is 17.3 Å². The monoisotopic (exact) mass is 288 g/mol. The van der Waals surface area contributed by atoms with Gasteiger partial charge in [0.15, 0.2) is 11.2 Å². The number of ether oxygens (including phenoxy) is 2. The van der Waals surface area contributed by atoms with Gasteiger partial charge >= 0.3 is 11.6 Å². The Balaban J connectivity index is 2.34. The Hall–Kier alpha value is -2.76. The molecule has 0 aliphatic heterocycles. The molecule has 0 bridgehead atoms. The van der Waals surface area contributed by atoms with Gasteiger partial charge < -0.3 is 18.3 Å². The lowest BCUT2D eigenvalue weighted by atomic mass is 10.1. The van der Waals surface area contributed by atoms with Crippen LogP contribution in [0.2, 0.25) is 0 Å². The smallest absolute Gasteiger partial charge is 0.351 e. The molecule has 108 valence electrons. The lowest BCUT2D eigenvalue weighted by Crippen LogP contribution is -2.16. The van der Waals surface area contributed by atoms with E-state index in [-0.39, 0.29) is 17.8 Å². The number of carbonyl (C=O) groups excluding carboxylic acids is 1. The van der Waals surface area contributed by atoms with Crippen molar-refractivity contribution >= 4 is 27.9 Å². The Morgan fingerprint density at radius 3 is 2.76 bits per heavy atom. The quantitative estimate of drug-likeness (QED) is 0.544. The van der Waals surface area contributed by atoms with Crippen LogP contribution in [0.4, 0.5) is 0 Å². The third kappa shape index (κ3) is 2.05. The molecule has 0 amide bonds. The van der Waals surface area contributed by atoms with Crippen LogP contribution in [0, 0.1) is 0 Å². The van der Waals surface area contributed by atoms with Gasteiger partial charge in [0.2, 0.25) is 5.75 Å². The van der Waals surface area contributed by atoms with E-state index in [1.165, 1.54) is 19.4 Å². The van der Waals surface area contributed by atoms with Gasteiger partial charge in [-0.3, -0.25) is 0 Å². The molecule has 21 heavy (non-hydrogen) atoms. The number of benzene rings is 1. The highest BCUT2D eigenvalue weighted by molar-refractivity contribution is 6.02. The second-order valence-electron chi connectivity index (χ2n) is 4.34. The number of hydrogen-bond acceptors (Lipinski definition) is 6. The van der Waals surface area contributed by atoms with Gasteiger partial charge in [-0.25, -0.2) is 9.59 Å². The highest BCUT2D eigenvalue weighted by Crippen LogP contribution is 2.34. The van der Waals surface area contributed by atoms with E-state index < -0.39 is 11.6 Å². The molecule has 3 rings (SSSR count). The predicted octanol–water partition coefficient (Wildman–Crippen LogP) is 2.72. The normalized spacial score (nSPS) is 11.0. The van der Waals surface area contributed by atoms with E-state index in [2.05, 4.69) is 0 Å². The Kier molecular flexibility index (Phi) is 3.13. The Morgan fingerprint density at radius 1 is 1.24 bits per heavy atom.